The van der Waals surface area contributed by atoms with Crippen molar-refractivity contribution in [2.75, 3.05) is 19.3 Å². The predicted octanol–water partition coefficient (Wildman–Crippen LogP) is 3.48. The van der Waals surface area contributed by atoms with Crippen LogP contribution in [0.4, 0.5) is 0 Å². The van der Waals surface area contributed by atoms with Crippen molar-refractivity contribution in [2.24, 2.45) is 0 Å². The van der Waals surface area contributed by atoms with Gasteiger partial charge in [-0.05, 0) is 46.1 Å². The Labute approximate surface area is 132 Å². The van der Waals surface area contributed by atoms with E-state index in [1.165, 1.54) is 4.90 Å². The Morgan fingerprint density at radius 2 is 1.71 bits per heavy atom. The highest BCUT2D eigenvalue weighted by Gasteiger charge is 2.38. The lowest BCUT2D eigenvalue weighted by atomic mass is 9.90. The minimum Gasteiger partial charge on any atom is -0.373 e. The summed E-state index contributed by atoms with van der Waals surface area (Å²) in [6.07, 6.45) is 2.37. The number of rotatable bonds is 4. The SMILES string of the molecule is CSc1ccc(C(=O)C(C)(C)N2CC(C)OC(C)C2)cc1. The van der Waals surface area contributed by atoms with Gasteiger partial charge in [0.15, 0.2) is 5.78 Å². The van der Waals surface area contributed by atoms with Crippen molar-refractivity contribution in [3.63, 3.8) is 0 Å². The van der Waals surface area contributed by atoms with Crippen LogP contribution < -0.4 is 0 Å². The molecule has 0 spiro atoms. The third-order valence-electron chi connectivity index (χ3n) is 4.12. The Balaban J connectivity index is 2.18. The Bertz CT molecular complexity index is 488. The molecule has 0 aromatic heterocycles. The summed E-state index contributed by atoms with van der Waals surface area (Å²) in [5, 5.41) is 0. The molecule has 1 aromatic rings. The number of ketones is 1. The van der Waals surface area contributed by atoms with Gasteiger partial charge in [0.25, 0.3) is 0 Å². The van der Waals surface area contributed by atoms with Crippen molar-refractivity contribution in [3.05, 3.63) is 29.8 Å². The molecule has 1 saturated heterocycles. The molecule has 0 saturated carbocycles. The van der Waals surface area contributed by atoms with E-state index in [1.54, 1.807) is 11.8 Å². The molecule has 1 heterocycles. The van der Waals surface area contributed by atoms with Crippen LogP contribution in [0.25, 0.3) is 0 Å². The van der Waals surface area contributed by atoms with E-state index >= 15 is 0 Å². The molecule has 0 amide bonds. The van der Waals surface area contributed by atoms with Gasteiger partial charge in [-0.1, -0.05) is 12.1 Å². The Morgan fingerprint density at radius 3 is 2.19 bits per heavy atom. The maximum atomic E-state index is 12.9. The van der Waals surface area contributed by atoms with Gasteiger partial charge in [0.2, 0.25) is 0 Å². The summed E-state index contributed by atoms with van der Waals surface area (Å²) < 4.78 is 5.77. The molecule has 2 rings (SSSR count). The Kier molecular flexibility index (Phi) is 5.12. The fourth-order valence-electron chi connectivity index (χ4n) is 2.87. The maximum Gasteiger partial charge on any atom is 0.182 e. The number of hydrogen-bond acceptors (Lipinski definition) is 4. The summed E-state index contributed by atoms with van der Waals surface area (Å²) in [5.74, 6) is 0.177. The number of nitrogens with zero attached hydrogens (tertiary/aromatic N) is 1. The summed E-state index contributed by atoms with van der Waals surface area (Å²) in [6, 6.07) is 7.89. The van der Waals surface area contributed by atoms with Gasteiger partial charge in [0.05, 0.1) is 17.7 Å². The van der Waals surface area contributed by atoms with E-state index in [0.717, 1.165) is 18.7 Å². The molecule has 0 N–H and O–H groups in total. The van der Waals surface area contributed by atoms with Gasteiger partial charge in [-0.3, -0.25) is 9.69 Å². The second-order valence-electron chi connectivity index (χ2n) is 6.28. The molecule has 1 aromatic carbocycles. The molecular formula is C17H25NO2S. The van der Waals surface area contributed by atoms with Crippen molar-refractivity contribution in [3.8, 4) is 0 Å². The highest BCUT2D eigenvalue weighted by Crippen LogP contribution is 2.26. The van der Waals surface area contributed by atoms with Crippen LogP contribution in [-0.4, -0.2) is 47.8 Å². The zero-order valence-electron chi connectivity index (χ0n) is 13.6. The molecule has 116 valence electrons. The van der Waals surface area contributed by atoms with Gasteiger partial charge in [-0.15, -0.1) is 11.8 Å². The number of hydrogen-bond donors (Lipinski definition) is 0. The standard InChI is InChI=1S/C17H25NO2S/c1-12-10-18(11-13(2)20-12)17(3,4)16(19)14-6-8-15(21-5)9-7-14/h6-9,12-13H,10-11H2,1-5H3. The predicted molar refractivity (Wildman–Crippen MR) is 88.2 cm³/mol. The van der Waals surface area contributed by atoms with Crippen LogP contribution in [0.5, 0.6) is 0 Å². The van der Waals surface area contributed by atoms with Crippen molar-refractivity contribution in [2.45, 2.75) is 50.3 Å². The van der Waals surface area contributed by atoms with Crippen molar-refractivity contribution in [1.82, 2.24) is 4.90 Å². The zero-order chi connectivity index (χ0) is 15.6. The number of thioether (sulfide) groups is 1. The molecule has 3 nitrogen and oxygen atoms in total. The van der Waals surface area contributed by atoms with Crippen LogP contribution in [-0.2, 0) is 4.74 Å². The van der Waals surface area contributed by atoms with Crippen molar-refractivity contribution < 1.29 is 9.53 Å². The minimum atomic E-state index is -0.507. The second-order valence-corrected chi connectivity index (χ2v) is 7.16. The number of morpholine rings is 1. The lowest BCUT2D eigenvalue weighted by Gasteiger charge is -2.44. The van der Waals surface area contributed by atoms with Gasteiger partial charge in [0, 0.05) is 23.5 Å². The van der Waals surface area contributed by atoms with Crippen LogP contribution in [0.15, 0.2) is 29.2 Å². The van der Waals surface area contributed by atoms with Crippen molar-refractivity contribution in [1.29, 1.82) is 0 Å². The first-order chi connectivity index (χ1) is 9.84. The summed E-state index contributed by atoms with van der Waals surface area (Å²) in [6.45, 7) is 9.76. The molecule has 4 heteroatoms. The average molecular weight is 307 g/mol. The van der Waals surface area contributed by atoms with Crippen LogP contribution >= 0.6 is 11.8 Å². The average Bonchev–Trinajstić information content (AvgIpc) is 2.45. The van der Waals surface area contributed by atoms with E-state index in [9.17, 15) is 4.79 Å². The molecule has 0 aliphatic carbocycles. The third-order valence-corrected chi connectivity index (χ3v) is 4.86. The van der Waals surface area contributed by atoms with Crippen LogP contribution in [0.3, 0.4) is 0 Å². The highest BCUT2D eigenvalue weighted by atomic mass is 32.2. The van der Waals surface area contributed by atoms with Crippen LogP contribution in [0.1, 0.15) is 38.1 Å². The van der Waals surface area contributed by atoms with Crippen LogP contribution in [0, 0.1) is 0 Å². The highest BCUT2D eigenvalue weighted by molar-refractivity contribution is 7.98. The minimum absolute atomic E-state index is 0.166. The Morgan fingerprint density at radius 1 is 1.19 bits per heavy atom. The first kappa shape index (κ1) is 16.5. The molecule has 1 fully saturated rings. The molecule has 21 heavy (non-hydrogen) atoms. The summed E-state index contributed by atoms with van der Waals surface area (Å²) in [5.41, 5.74) is 0.275. The lowest BCUT2D eigenvalue weighted by Crippen LogP contribution is -2.58. The van der Waals surface area contributed by atoms with E-state index in [0.29, 0.717) is 0 Å². The van der Waals surface area contributed by atoms with Gasteiger partial charge < -0.3 is 4.74 Å². The monoisotopic (exact) mass is 307 g/mol. The lowest BCUT2D eigenvalue weighted by molar-refractivity contribution is -0.0887. The number of ether oxygens (including phenoxy) is 1. The van der Waals surface area contributed by atoms with Crippen molar-refractivity contribution >= 4 is 17.5 Å². The second kappa shape index (κ2) is 6.51. The number of carbonyl (C=O) groups excluding carboxylic acids is 1. The summed E-state index contributed by atoms with van der Waals surface area (Å²) in [4.78, 5) is 16.3. The first-order valence-corrected chi connectivity index (χ1v) is 8.66. The molecular weight excluding hydrogens is 282 g/mol. The summed E-state index contributed by atoms with van der Waals surface area (Å²) >= 11 is 1.69. The molecule has 2 atom stereocenters. The zero-order valence-corrected chi connectivity index (χ0v) is 14.4. The quantitative estimate of drug-likeness (QED) is 0.629. The van der Waals surface area contributed by atoms with E-state index in [-0.39, 0.29) is 18.0 Å². The number of carbonyl (C=O) groups is 1. The maximum absolute atomic E-state index is 12.9. The van der Waals surface area contributed by atoms with Gasteiger partial charge in [-0.2, -0.15) is 0 Å². The Hall–Kier alpha value is -0.840. The fraction of sp³-hybridized carbons (Fsp3) is 0.588. The molecule has 0 radical (unpaired) electrons. The normalized spacial score (nSPS) is 24.0. The third kappa shape index (κ3) is 3.68. The van der Waals surface area contributed by atoms with Gasteiger partial charge in [0.1, 0.15) is 0 Å². The smallest absolute Gasteiger partial charge is 0.182 e. The fourth-order valence-corrected chi connectivity index (χ4v) is 3.28. The van der Waals surface area contributed by atoms with Gasteiger partial charge >= 0.3 is 0 Å². The van der Waals surface area contributed by atoms with E-state index < -0.39 is 5.54 Å². The van der Waals surface area contributed by atoms with E-state index in [1.807, 2.05) is 44.4 Å². The van der Waals surface area contributed by atoms with E-state index in [2.05, 4.69) is 18.7 Å². The molecule has 1 aliphatic heterocycles. The topological polar surface area (TPSA) is 29.5 Å². The van der Waals surface area contributed by atoms with Crippen LogP contribution in [0.2, 0.25) is 0 Å². The van der Waals surface area contributed by atoms with Gasteiger partial charge in [-0.25, -0.2) is 0 Å². The first-order valence-electron chi connectivity index (χ1n) is 7.44. The number of benzene rings is 1. The summed E-state index contributed by atoms with van der Waals surface area (Å²) in [7, 11) is 0. The molecule has 2 unspecified atom stereocenters. The molecule has 1 aliphatic rings. The van der Waals surface area contributed by atoms with E-state index in [4.69, 9.17) is 4.74 Å². The molecule has 0 bridgehead atoms. The number of Topliss-reactive ketones (excluding diaryl/α,β-unsaturated/α-hetero) is 1. The largest absolute Gasteiger partial charge is 0.373 e.